The van der Waals surface area contributed by atoms with Crippen LogP contribution in [0.15, 0.2) is 42.5 Å². The first-order valence-electron chi connectivity index (χ1n) is 9.79. The van der Waals surface area contributed by atoms with Crippen molar-refractivity contribution in [2.24, 2.45) is 0 Å². The normalized spacial score (nSPS) is 14.3. The van der Waals surface area contributed by atoms with Crippen molar-refractivity contribution in [1.29, 1.82) is 5.41 Å². The third-order valence-corrected chi connectivity index (χ3v) is 6.08. The van der Waals surface area contributed by atoms with E-state index in [1.807, 2.05) is 17.1 Å². The lowest BCUT2D eigenvalue weighted by molar-refractivity contribution is 0.194. The molecule has 1 aromatic heterocycles. The number of benzene rings is 2. The second kappa shape index (κ2) is 9.74. The molecule has 0 aliphatic carbocycles. The van der Waals surface area contributed by atoms with Gasteiger partial charge in [0.2, 0.25) is 5.88 Å². The summed E-state index contributed by atoms with van der Waals surface area (Å²) in [5.41, 5.74) is 4.19. The lowest BCUT2D eigenvalue weighted by atomic mass is 10.2. The second-order valence-corrected chi connectivity index (χ2v) is 8.69. The van der Waals surface area contributed by atoms with Crippen molar-refractivity contribution in [2.45, 2.75) is 19.3 Å². The summed E-state index contributed by atoms with van der Waals surface area (Å²) in [6.07, 6.45) is 3.38. The number of ether oxygens (including phenoxy) is 1. The molecule has 0 radical (unpaired) electrons. The molecule has 1 saturated heterocycles. The van der Waals surface area contributed by atoms with E-state index in [1.165, 1.54) is 6.42 Å². The largest absolute Gasteiger partial charge is 0.492 e. The van der Waals surface area contributed by atoms with Crippen LogP contribution in [-0.2, 0) is 0 Å². The molecule has 0 amide bonds. The number of amidine groups is 1. The van der Waals surface area contributed by atoms with Gasteiger partial charge in [-0.15, -0.1) is 0 Å². The maximum Gasteiger partial charge on any atom is 0.236 e. The molecule has 0 spiro atoms. The van der Waals surface area contributed by atoms with E-state index >= 15 is 0 Å². The molecule has 4 N–H and O–H groups in total. The minimum Gasteiger partial charge on any atom is -0.492 e. The van der Waals surface area contributed by atoms with Crippen molar-refractivity contribution < 1.29 is 9.84 Å². The van der Waals surface area contributed by atoms with Gasteiger partial charge in [0.15, 0.2) is 0 Å². The Morgan fingerprint density at radius 2 is 1.84 bits per heavy atom. The summed E-state index contributed by atoms with van der Waals surface area (Å²) in [7, 11) is 0. The van der Waals surface area contributed by atoms with Gasteiger partial charge in [0.25, 0.3) is 0 Å². The monoisotopic (exact) mass is 477 g/mol. The van der Waals surface area contributed by atoms with Crippen molar-refractivity contribution in [1.82, 2.24) is 14.8 Å². The van der Waals surface area contributed by atoms with Gasteiger partial charge in [0.1, 0.15) is 27.9 Å². The predicted octanol–water partition coefficient (Wildman–Crippen LogP) is 6.01. The molecule has 162 valence electrons. The first-order valence-corrected chi connectivity index (χ1v) is 11.3. The number of hydrogen-bond acceptors (Lipinski definition) is 7. The number of hydrazine groups is 1. The highest BCUT2D eigenvalue weighted by atomic mass is 35.5. The van der Waals surface area contributed by atoms with E-state index < -0.39 is 0 Å². The fraction of sp³-hybridized carbons (Fsp3) is 0.238. The number of aromatic nitrogens is 1. The number of aromatic hydroxyl groups is 1. The van der Waals surface area contributed by atoms with Crippen LogP contribution in [0.5, 0.6) is 17.4 Å². The first-order chi connectivity index (χ1) is 15.0. The molecule has 2 aromatic carbocycles. The third kappa shape index (κ3) is 5.40. The number of nitrogens with zero attached hydrogens (tertiary/aromatic N) is 2. The number of anilines is 2. The molecule has 1 aliphatic rings. The molecule has 31 heavy (non-hydrogen) atoms. The van der Waals surface area contributed by atoms with Crippen molar-refractivity contribution in [3.05, 3.63) is 58.1 Å². The highest BCUT2D eigenvalue weighted by Crippen LogP contribution is 2.34. The number of rotatable bonds is 6. The van der Waals surface area contributed by atoms with Crippen LogP contribution in [0.25, 0.3) is 0 Å². The zero-order valence-electron chi connectivity index (χ0n) is 16.5. The fourth-order valence-electron chi connectivity index (χ4n) is 3.23. The smallest absolute Gasteiger partial charge is 0.236 e. The average molecular weight is 478 g/mol. The standard InChI is InChI=1S/C21H21Cl2N5O2S/c22-13-4-9-16(23)17(12-13)30-15-7-5-14(6-8-15)25-21-18(20(29)27-31-21)19(24)26-28-10-2-1-3-11-28/h4-9,12,25H,1-3,10-11H2,(H2,24,26)(H,27,29). The molecule has 1 aliphatic heterocycles. The van der Waals surface area contributed by atoms with Gasteiger partial charge in [-0.3, -0.25) is 5.41 Å². The average Bonchev–Trinajstić information content (AvgIpc) is 3.13. The SMILES string of the molecule is N=C(NN1CCCCC1)c1c(O)nsc1Nc1ccc(Oc2cc(Cl)ccc2Cl)cc1. The van der Waals surface area contributed by atoms with Crippen LogP contribution in [0.2, 0.25) is 10.0 Å². The number of nitrogens with one attached hydrogen (secondary N) is 3. The summed E-state index contributed by atoms with van der Waals surface area (Å²) in [5.74, 6) is 1.02. The van der Waals surface area contributed by atoms with Gasteiger partial charge >= 0.3 is 0 Å². The van der Waals surface area contributed by atoms with Crippen LogP contribution in [0.4, 0.5) is 10.7 Å². The van der Waals surface area contributed by atoms with E-state index in [0.717, 1.165) is 43.2 Å². The number of hydrogen-bond donors (Lipinski definition) is 4. The molecule has 7 nitrogen and oxygen atoms in total. The molecule has 0 unspecified atom stereocenters. The van der Waals surface area contributed by atoms with Crippen LogP contribution >= 0.6 is 34.7 Å². The van der Waals surface area contributed by atoms with Crippen LogP contribution in [0, 0.1) is 5.41 Å². The zero-order chi connectivity index (χ0) is 21.8. The molecule has 0 bridgehead atoms. The summed E-state index contributed by atoms with van der Waals surface area (Å²) in [6.45, 7) is 1.75. The highest BCUT2D eigenvalue weighted by molar-refractivity contribution is 7.11. The van der Waals surface area contributed by atoms with Crippen molar-refractivity contribution in [2.75, 3.05) is 18.4 Å². The lowest BCUT2D eigenvalue weighted by Crippen LogP contribution is -2.45. The van der Waals surface area contributed by atoms with Gasteiger partial charge in [-0.05, 0) is 60.8 Å². The third-order valence-electron chi connectivity index (χ3n) is 4.78. The molecule has 10 heteroatoms. The molecule has 0 atom stereocenters. The number of piperidine rings is 1. The van der Waals surface area contributed by atoms with Crippen LogP contribution in [0.3, 0.4) is 0 Å². The van der Waals surface area contributed by atoms with E-state index in [9.17, 15) is 5.11 Å². The van der Waals surface area contributed by atoms with Gasteiger partial charge in [-0.1, -0.05) is 29.6 Å². The topological polar surface area (TPSA) is 93.5 Å². The number of halogens is 2. The van der Waals surface area contributed by atoms with Gasteiger partial charge in [-0.2, -0.15) is 4.37 Å². The first kappa shape index (κ1) is 21.7. The Kier molecular flexibility index (Phi) is 6.82. The molecule has 0 saturated carbocycles. The Morgan fingerprint density at radius 1 is 1.10 bits per heavy atom. The Balaban J connectivity index is 1.45. The van der Waals surface area contributed by atoms with Crippen molar-refractivity contribution in [3.8, 4) is 17.4 Å². The molecule has 2 heterocycles. The Labute approximate surface area is 194 Å². The minimum absolute atomic E-state index is 0.117. The molecular formula is C21H21Cl2N5O2S. The van der Waals surface area contributed by atoms with E-state index in [0.29, 0.717) is 32.1 Å². The highest BCUT2D eigenvalue weighted by Gasteiger charge is 2.21. The zero-order valence-corrected chi connectivity index (χ0v) is 18.8. The molecular weight excluding hydrogens is 457 g/mol. The maximum atomic E-state index is 10.2. The quantitative estimate of drug-likeness (QED) is 0.256. The fourth-order valence-corrected chi connectivity index (χ4v) is 4.27. The van der Waals surface area contributed by atoms with Gasteiger partial charge < -0.3 is 20.6 Å². The van der Waals surface area contributed by atoms with Crippen molar-refractivity contribution in [3.63, 3.8) is 0 Å². The van der Waals surface area contributed by atoms with Crippen LogP contribution < -0.4 is 15.5 Å². The van der Waals surface area contributed by atoms with Crippen LogP contribution in [0.1, 0.15) is 24.8 Å². The summed E-state index contributed by atoms with van der Waals surface area (Å²) in [4.78, 5) is 0. The van der Waals surface area contributed by atoms with E-state index in [4.69, 9.17) is 33.3 Å². The van der Waals surface area contributed by atoms with Crippen LogP contribution in [-0.4, -0.2) is 33.4 Å². The minimum atomic E-state index is -0.169. The Hall–Kier alpha value is -2.52. The summed E-state index contributed by atoms with van der Waals surface area (Å²) in [6, 6.07) is 12.3. The van der Waals surface area contributed by atoms with E-state index in [1.54, 1.807) is 30.3 Å². The molecule has 4 rings (SSSR count). The maximum absolute atomic E-state index is 10.2. The predicted molar refractivity (Wildman–Crippen MR) is 125 cm³/mol. The Morgan fingerprint density at radius 3 is 2.58 bits per heavy atom. The van der Waals surface area contributed by atoms with Crippen molar-refractivity contribution >= 4 is 51.3 Å². The summed E-state index contributed by atoms with van der Waals surface area (Å²) in [5, 5.41) is 25.4. The summed E-state index contributed by atoms with van der Waals surface area (Å²) >= 11 is 13.3. The van der Waals surface area contributed by atoms with E-state index in [2.05, 4.69) is 15.1 Å². The van der Waals surface area contributed by atoms with E-state index in [-0.39, 0.29) is 11.7 Å². The summed E-state index contributed by atoms with van der Waals surface area (Å²) < 4.78 is 9.80. The molecule has 1 fully saturated rings. The lowest BCUT2D eigenvalue weighted by Gasteiger charge is -2.27. The Bertz CT molecular complexity index is 1070. The molecule has 3 aromatic rings. The van der Waals surface area contributed by atoms with Gasteiger partial charge in [-0.25, -0.2) is 5.01 Å². The van der Waals surface area contributed by atoms with Gasteiger partial charge in [0.05, 0.1) is 5.02 Å². The second-order valence-electron chi connectivity index (χ2n) is 7.07. The van der Waals surface area contributed by atoms with Gasteiger partial charge in [0, 0.05) is 29.9 Å².